The van der Waals surface area contributed by atoms with Crippen molar-refractivity contribution in [2.24, 2.45) is 0 Å². The Morgan fingerprint density at radius 1 is 1.27 bits per heavy atom. The summed E-state index contributed by atoms with van der Waals surface area (Å²) in [4.78, 5) is 12.7. The lowest BCUT2D eigenvalue weighted by Crippen LogP contribution is -2.48. The maximum atomic E-state index is 12.7. The van der Waals surface area contributed by atoms with Gasteiger partial charge in [0.1, 0.15) is 11.5 Å². The van der Waals surface area contributed by atoms with Gasteiger partial charge in [-0.2, -0.15) is 0 Å². The zero-order valence-electron chi connectivity index (χ0n) is 14.7. The lowest BCUT2D eigenvalue weighted by Gasteiger charge is -2.33. The van der Waals surface area contributed by atoms with Crippen LogP contribution in [0.1, 0.15) is 5.56 Å². The number of benzene rings is 2. The van der Waals surface area contributed by atoms with Crippen molar-refractivity contribution in [1.29, 1.82) is 0 Å². The number of aryl methyl sites for hydroxylation is 1. The second kappa shape index (κ2) is 6.87. The average Bonchev–Trinajstić information content (AvgIpc) is 2.60. The highest BCUT2D eigenvalue weighted by Gasteiger charge is 2.35. The highest BCUT2D eigenvalue weighted by atomic mass is 32.2. The number of nitrogens with zero attached hydrogens (tertiary/aromatic N) is 1. The van der Waals surface area contributed by atoms with Crippen LogP contribution in [0.2, 0.25) is 0 Å². The summed E-state index contributed by atoms with van der Waals surface area (Å²) in [5, 5.41) is 2.76. The van der Waals surface area contributed by atoms with E-state index in [0.29, 0.717) is 22.9 Å². The van der Waals surface area contributed by atoms with Gasteiger partial charge in [0.15, 0.2) is 6.10 Å². The van der Waals surface area contributed by atoms with E-state index in [1.54, 1.807) is 36.4 Å². The molecule has 0 saturated heterocycles. The summed E-state index contributed by atoms with van der Waals surface area (Å²) in [6, 6.07) is 12.1. The van der Waals surface area contributed by atoms with Crippen LogP contribution >= 0.6 is 0 Å². The molecule has 0 fully saturated rings. The fourth-order valence-corrected chi connectivity index (χ4v) is 3.70. The first-order chi connectivity index (χ1) is 12.3. The largest absolute Gasteiger partial charge is 0.495 e. The topological polar surface area (TPSA) is 84.9 Å². The van der Waals surface area contributed by atoms with Crippen LogP contribution in [-0.2, 0) is 14.8 Å². The number of hydrogen-bond donors (Lipinski definition) is 1. The third kappa shape index (κ3) is 3.60. The Bertz CT molecular complexity index is 942. The molecule has 2 aromatic rings. The Hall–Kier alpha value is -2.74. The zero-order valence-corrected chi connectivity index (χ0v) is 15.5. The van der Waals surface area contributed by atoms with E-state index in [0.717, 1.165) is 11.8 Å². The Kier molecular flexibility index (Phi) is 4.78. The molecular weight excluding hydrogens is 356 g/mol. The highest BCUT2D eigenvalue weighted by Crippen LogP contribution is 2.35. The van der Waals surface area contributed by atoms with E-state index in [4.69, 9.17) is 9.47 Å². The van der Waals surface area contributed by atoms with E-state index in [-0.39, 0.29) is 6.54 Å². The Morgan fingerprint density at radius 3 is 2.69 bits per heavy atom. The molecule has 1 unspecified atom stereocenters. The molecular formula is C18H20N2O5S. The van der Waals surface area contributed by atoms with Gasteiger partial charge >= 0.3 is 0 Å². The lowest BCUT2D eigenvalue weighted by atomic mass is 10.2. The van der Waals surface area contributed by atoms with Crippen LogP contribution < -0.4 is 19.1 Å². The summed E-state index contributed by atoms with van der Waals surface area (Å²) >= 11 is 0. The average molecular weight is 376 g/mol. The van der Waals surface area contributed by atoms with Gasteiger partial charge in [-0.15, -0.1) is 0 Å². The van der Waals surface area contributed by atoms with Gasteiger partial charge in [-0.1, -0.05) is 18.2 Å². The van der Waals surface area contributed by atoms with Crippen LogP contribution in [0, 0.1) is 6.92 Å². The van der Waals surface area contributed by atoms with Gasteiger partial charge in [-0.3, -0.25) is 9.10 Å². The van der Waals surface area contributed by atoms with Gasteiger partial charge in [0.2, 0.25) is 10.0 Å². The quantitative estimate of drug-likeness (QED) is 0.884. The number of carbonyl (C=O) groups is 1. The van der Waals surface area contributed by atoms with Crippen LogP contribution in [0.4, 0.5) is 11.4 Å². The molecule has 3 rings (SSSR count). The first kappa shape index (κ1) is 18.1. The SMILES string of the molecule is COc1ccc(C)cc1NC(=O)C1CN(S(C)(=O)=O)c2ccccc2O1. The molecule has 2 aromatic carbocycles. The van der Waals surface area contributed by atoms with E-state index in [2.05, 4.69) is 5.32 Å². The highest BCUT2D eigenvalue weighted by molar-refractivity contribution is 7.92. The second-order valence-corrected chi connectivity index (χ2v) is 7.97. The third-order valence-electron chi connectivity index (χ3n) is 4.04. The van der Waals surface area contributed by atoms with Gasteiger partial charge in [0, 0.05) is 0 Å². The first-order valence-electron chi connectivity index (χ1n) is 7.98. The van der Waals surface area contributed by atoms with Crippen LogP contribution in [0.25, 0.3) is 0 Å². The molecule has 1 aliphatic rings. The van der Waals surface area contributed by atoms with Crippen LogP contribution in [-0.4, -0.2) is 40.3 Å². The van der Waals surface area contributed by atoms with E-state index >= 15 is 0 Å². The fourth-order valence-electron chi connectivity index (χ4n) is 2.79. The Labute approximate surface area is 152 Å². The van der Waals surface area contributed by atoms with Crippen molar-refractivity contribution >= 4 is 27.3 Å². The number of ether oxygens (including phenoxy) is 2. The molecule has 0 radical (unpaired) electrons. The molecule has 0 bridgehead atoms. The molecule has 26 heavy (non-hydrogen) atoms. The minimum absolute atomic E-state index is 0.101. The van der Waals surface area contributed by atoms with Gasteiger partial charge in [0.05, 0.1) is 31.3 Å². The van der Waals surface area contributed by atoms with Gasteiger partial charge < -0.3 is 14.8 Å². The number of carbonyl (C=O) groups excluding carboxylic acids is 1. The van der Waals surface area contributed by atoms with Crippen LogP contribution in [0.3, 0.4) is 0 Å². The van der Waals surface area contributed by atoms with E-state index < -0.39 is 22.0 Å². The van der Waals surface area contributed by atoms with Crippen molar-refractivity contribution < 1.29 is 22.7 Å². The summed E-state index contributed by atoms with van der Waals surface area (Å²) in [5.41, 5.74) is 1.88. The smallest absolute Gasteiger partial charge is 0.267 e. The molecule has 7 nitrogen and oxygen atoms in total. The van der Waals surface area contributed by atoms with Crippen LogP contribution in [0.15, 0.2) is 42.5 Å². The molecule has 0 spiro atoms. The Morgan fingerprint density at radius 2 is 2.00 bits per heavy atom. The van der Waals surface area contributed by atoms with E-state index in [1.165, 1.54) is 11.4 Å². The van der Waals surface area contributed by atoms with Gasteiger partial charge in [-0.05, 0) is 36.8 Å². The van der Waals surface area contributed by atoms with E-state index in [1.807, 2.05) is 13.0 Å². The number of nitrogens with one attached hydrogen (secondary N) is 1. The molecule has 1 aliphatic heterocycles. The van der Waals surface area contributed by atoms with Crippen molar-refractivity contribution in [2.75, 3.05) is 29.5 Å². The molecule has 1 atom stereocenters. The molecule has 0 aliphatic carbocycles. The number of amides is 1. The molecule has 8 heteroatoms. The number of hydrogen-bond acceptors (Lipinski definition) is 5. The third-order valence-corrected chi connectivity index (χ3v) is 5.19. The molecule has 0 saturated carbocycles. The van der Waals surface area contributed by atoms with Crippen molar-refractivity contribution in [2.45, 2.75) is 13.0 Å². The van der Waals surface area contributed by atoms with Crippen molar-refractivity contribution in [3.05, 3.63) is 48.0 Å². The zero-order chi connectivity index (χ0) is 18.9. The van der Waals surface area contributed by atoms with Gasteiger partial charge in [0.25, 0.3) is 5.91 Å². The second-order valence-electron chi connectivity index (χ2n) is 6.06. The minimum Gasteiger partial charge on any atom is -0.495 e. The first-order valence-corrected chi connectivity index (χ1v) is 9.83. The number of sulfonamides is 1. The minimum atomic E-state index is -3.55. The number of fused-ring (bicyclic) bond motifs is 1. The lowest BCUT2D eigenvalue weighted by molar-refractivity contribution is -0.122. The maximum Gasteiger partial charge on any atom is 0.267 e. The summed E-state index contributed by atoms with van der Waals surface area (Å²) in [6.07, 6.45) is 0.123. The number of anilines is 2. The fraction of sp³-hybridized carbons (Fsp3) is 0.278. The molecule has 1 heterocycles. The monoisotopic (exact) mass is 376 g/mol. The Balaban J connectivity index is 1.89. The summed E-state index contributed by atoms with van der Waals surface area (Å²) in [7, 11) is -2.04. The van der Waals surface area contributed by atoms with Crippen molar-refractivity contribution in [1.82, 2.24) is 0 Å². The molecule has 1 N–H and O–H groups in total. The maximum absolute atomic E-state index is 12.7. The summed E-state index contributed by atoms with van der Waals surface area (Å²) < 4.78 is 36.5. The van der Waals surface area contributed by atoms with Crippen molar-refractivity contribution in [3.8, 4) is 11.5 Å². The molecule has 0 aromatic heterocycles. The summed E-state index contributed by atoms with van der Waals surface area (Å²) in [6.45, 7) is 1.80. The van der Waals surface area contributed by atoms with Gasteiger partial charge in [-0.25, -0.2) is 8.42 Å². The standard InChI is InChI=1S/C18H20N2O5S/c1-12-8-9-15(24-2)13(10-12)19-18(21)17-11-20(26(3,22)23)14-6-4-5-7-16(14)25-17/h4-10,17H,11H2,1-3H3,(H,19,21). The predicted octanol–water partition coefficient (Wildman–Crippen LogP) is 2.17. The number of para-hydroxylation sites is 2. The van der Waals surface area contributed by atoms with Crippen LogP contribution in [0.5, 0.6) is 11.5 Å². The number of rotatable bonds is 4. The molecule has 138 valence electrons. The predicted molar refractivity (Wildman–Crippen MR) is 99.4 cm³/mol. The summed E-state index contributed by atoms with van der Waals surface area (Å²) in [5.74, 6) is 0.415. The molecule has 1 amide bonds. The number of methoxy groups -OCH3 is 1. The van der Waals surface area contributed by atoms with Crippen molar-refractivity contribution in [3.63, 3.8) is 0 Å². The van der Waals surface area contributed by atoms with E-state index in [9.17, 15) is 13.2 Å². The normalized spacial score (nSPS) is 16.4.